The molecule has 1 aromatic rings. The summed E-state index contributed by atoms with van der Waals surface area (Å²) in [7, 11) is 0. The lowest BCUT2D eigenvalue weighted by Gasteiger charge is -2.17. The normalized spacial score (nSPS) is 17.1. The van der Waals surface area contributed by atoms with Crippen LogP contribution in [-0.2, 0) is 13.0 Å². The maximum absolute atomic E-state index is 5.62. The lowest BCUT2D eigenvalue weighted by molar-refractivity contribution is 0.330. The van der Waals surface area contributed by atoms with E-state index in [2.05, 4.69) is 29.2 Å². The van der Waals surface area contributed by atoms with E-state index in [1.165, 1.54) is 37.1 Å². The fourth-order valence-electron chi connectivity index (χ4n) is 2.29. The van der Waals surface area contributed by atoms with E-state index in [-0.39, 0.29) is 0 Å². The SMILES string of the molecule is NCCc1ccccc1CN1CCCC1. The van der Waals surface area contributed by atoms with Crippen LogP contribution < -0.4 is 5.73 Å². The summed E-state index contributed by atoms with van der Waals surface area (Å²) in [6, 6.07) is 8.69. The molecular weight excluding hydrogens is 184 g/mol. The first-order chi connectivity index (χ1) is 7.40. The van der Waals surface area contributed by atoms with Gasteiger partial charge >= 0.3 is 0 Å². The van der Waals surface area contributed by atoms with Gasteiger partial charge < -0.3 is 5.73 Å². The summed E-state index contributed by atoms with van der Waals surface area (Å²) >= 11 is 0. The summed E-state index contributed by atoms with van der Waals surface area (Å²) in [5, 5.41) is 0. The predicted molar refractivity (Wildman–Crippen MR) is 63.7 cm³/mol. The van der Waals surface area contributed by atoms with E-state index in [1.54, 1.807) is 0 Å². The zero-order valence-corrected chi connectivity index (χ0v) is 9.28. The van der Waals surface area contributed by atoms with Crippen molar-refractivity contribution in [2.24, 2.45) is 5.73 Å². The molecule has 0 saturated carbocycles. The minimum atomic E-state index is 0.747. The quantitative estimate of drug-likeness (QED) is 0.810. The van der Waals surface area contributed by atoms with Crippen molar-refractivity contribution in [1.29, 1.82) is 0 Å². The average Bonchev–Trinajstić information content (AvgIpc) is 2.74. The lowest BCUT2D eigenvalue weighted by Crippen LogP contribution is -2.19. The van der Waals surface area contributed by atoms with E-state index < -0.39 is 0 Å². The topological polar surface area (TPSA) is 29.3 Å². The molecule has 2 heteroatoms. The molecule has 0 unspecified atom stereocenters. The molecule has 0 amide bonds. The molecule has 2 nitrogen and oxygen atoms in total. The van der Waals surface area contributed by atoms with Crippen LogP contribution in [0.15, 0.2) is 24.3 Å². The molecule has 0 spiro atoms. The van der Waals surface area contributed by atoms with Crippen LogP contribution in [0.5, 0.6) is 0 Å². The van der Waals surface area contributed by atoms with Gasteiger partial charge in [-0.15, -0.1) is 0 Å². The Kier molecular flexibility index (Phi) is 3.75. The number of hydrogen-bond acceptors (Lipinski definition) is 2. The number of nitrogens with two attached hydrogens (primary N) is 1. The Labute approximate surface area is 92.1 Å². The maximum Gasteiger partial charge on any atom is 0.0236 e. The highest BCUT2D eigenvalue weighted by Crippen LogP contribution is 2.16. The van der Waals surface area contributed by atoms with Gasteiger partial charge in [0, 0.05) is 6.54 Å². The van der Waals surface area contributed by atoms with E-state index >= 15 is 0 Å². The second-order valence-corrected chi connectivity index (χ2v) is 4.29. The van der Waals surface area contributed by atoms with Crippen molar-refractivity contribution < 1.29 is 0 Å². The van der Waals surface area contributed by atoms with Gasteiger partial charge in [0.15, 0.2) is 0 Å². The van der Waals surface area contributed by atoms with E-state index in [1.807, 2.05) is 0 Å². The number of benzene rings is 1. The van der Waals surface area contributed by atoms with Crippen molar-refractivity contribution in [3.05, 3.63) is 35.4 Å². The van der Waals surface area contributed by atoms with Crippen LogP contribution in [0.25, 0.3) is 0 Å². The molecule has 2 rings (SSSR count). The Hall–Kier alpha value is -0.860. The fraction of sp³-hybridized carbons (Fsp3) is 0.538. The summed E-state index contributed by atoms with van der Waals surface area (Å²) in [5.41, 5.74) is 8.51. The van der Waals surface area contributed by atoms with Crippen molar-refractivity contribution in [3.8, 4) is 0 Å². The summed E-state index contributed by atoms with van der Waals surface area (Å²) in [5.74, 6) is 0. The Balaban J connectivity index is 2.05. The molecule has 1 heterocycles. The van der Waals surface area contributed by atoms with Crippen LogP contribution >= 0.6 is 0 Å². The molecule has 0 aromatic heterocycles. The van der Waals surface area contributed by atoms with Gasteiger partial charge in [-0.1, -0.05) is 24.3 Å². The van der Waals surface area contributed by atoms with Crippen molar-refractivity contribution in [3.63, 3.8) is 0 Å². The molecule has 82 valence electrons. The van der Waals surface area contributed by atoms with Gasteiger partial charge in [0.05, 0.1) is 0 Å². The highest BCUT2D eigenvalue weighted by Gasteiger charge is 2.12. The second kappa shape index (κ2) is 5.29. The smallest absolute Gasteiger partial charge is 0.0236 e. The van der Waals surface area contributed by atoms with Crippen LogP contribution in [0.3, 0.4) is 0 Å². The van der Waals surface area contributed by atoms with E-state index in [9.17, 15) is 0 Å². The number of nitrogens with zero attached hydrogens (tertiary/aromatic N) is 1. The van der Waals surface area contributed by atoms with Gasteiger partial charge in [-0.3, -0.25) is 4.90 Å². The minimum absolute atomic E-state index is 0.747. The molecule has 1 aliphatic heterocycles. The first-order valence-corrected chi connectivity index (χ1v) is 5.89. The van der Waals surface area contributed by atoms with Gasteiger partial charge in [0.2, 0.25) is 0 Å². The Bertz CT molecular complexity index is 303. The van der Waals surface area contributed by atoms with E-state index in [4.69, 9.17) is 5.73 Å². The van der Waals surface area contributed by atoms with Gasteiger partial charge in [0.1, 0.15) is 0 Å². The molecular formula is C13H20N2. The van der Waals surface area contributed by atoms with Crippen molar-refractivity contribution in [2.75, 3.05) is 19.6 Å². The van der Waals surface area contributed by atoms with E-state index in [0.29, 0.717) is 0 Å². The molecule has 0 bridgehead atoms. The van der Waals surface area contributed by atoms with Crippen molar-refractivity contribution in [2.45, 2.75) is 25.8 Å². The highest BCUT2D eigenvalue weighted by molar-refractivity contribution is 5.27. The summed E-state index contributed by atoms with van der Waals surface area (Å²) < 4.78 is 0. The fourth-order valence-corrected chi connectivity index (χ4v) is 2.29. The first-order valence-electron chi connectivity index (χ1n) is 5.89. The minimum Gasteiger partial charge on any atom is -0.330 e. The molecule has 1 fully saturated rings. The van der Waals surface area contributed by atoms with Gasteiger partial charge in [-0.05, 0) is 50.0 Å². The maximum atomic E-state index is 5.62. The van der Waals surface area contributed by atoms with Crippen LogP contribution in [0.1, 0.15) is 24.0 Å². The van der Waals surface area contributed by atoms with Crippen LogP contribution in [0, 0.1) is 0 Å². The number of hydrogen-bond donors (Lipinski definition) is 1. The summed E-state index contributed by atoms with van der Waals surface area (Å²) in [6.45, 7) is 4.38. The second-order valence-electron chi connectivity index (χ2n) is 4.29. The zero-order valence-electron chi connectivity index (χ0n) is 9.28. The molecule has 0 radical (unpaired) electrons. The summed E-state index contributed by atoms with van der Waals surface area (Å²) in [4.78, 5) is 2.54. The Morgan fingerprint density at radius 1 is 1.07 bits per heavy atom. The molecule has 1 aliphatic rings. The molecule has 0 atom stereocenters. The molecule has 15 heavy (non-hydrogen) atoms. The molecule has 2 N–H and O–H groups in total. The number of likely N-dealkylation sites (tertiary alicyclic amines) is 1. The Morgan fingerprint density at radius 3 is 2.40 bits per heavy atom. The van der Waals surface area contributed by atoms with Gasteiger partial charge in [-0.2, -0.15) is 0 Å². The zero-order chi connectivity index (χ0) is 10.5. The monoisotopic (exact) mass is 204 g/mol. The highest BCUT2D eigenvalue weighted by atomic mass is 15.1. The molecule has 1 saturated heterocycles. The third-order valence-electron chi connectivity index (χ3n) is 3.12. The average molecular weight is 204 g/mol. The van der Waals surface area contributed by atoms with Gasteiger partial charge in [-0.25, -0.2) is 0 Å². The van der Waals surface area contributed by atoms with Crippen molar-refractivity contribution >= 4 is 0 Å². The van der Waals surface area contributed by atoms with Gasteiger partial charge in [0.25, 0.3) is 0 Å². The standard InChI is InChI=1S/C13H20N2/c14-8-7-12-5-1-2-6-13(12)11-15-9-3-4-10-15/h1-2,5-6H,3-4,7-11,14H2. The molecule has 1 aromatic carbocycles. The van der Waals surface area contributed by atoms with Crippen LogP contribution in [0.4, 0.5) is 0 Å². The Morgan fingerprint density at radius 2 is 1.73 bits per heavy atom. The third kappa shape index (κ3) is 2.80. The van der Waals surface area contributed by atoms with Crippen LogP contribution in [-0.4, -0.2) is 24.5 Å². The number of rotatable bonds is 4. The largest absolute Gasteiger partial charge is 0.330 e. The summed E-state index contributed by atoms with van der Waals surface area (Å²) in [6.07, 6.45) is 3.72. The van der Waals surface area contributed by atoms with Crippen molar-refractivity contribution in [1.82, 2.24) is 4.90 Å². The van der Waals surface area contributed by atoms with Crippen LogP contribution in [0.2, 0.25) is 0 Å². The lowest BCUT2D eigenvalue weighted by atomic mass is 10.0. The predicted octanol–water partition coefficient (Wildman–Crippen LogP) is 1.78. The molecule has 0 aliphatic carbocycles. The van der Waals surface area contributed by atoms with E-state index in [0.717, 1.165) is 19.5 Å². The first kappa shape index (κ1) is 10.7. The third-order valence-corrected chi connectivity index (χ3v) is 3.12.